The van der Waals surface area contributed by atoms with Gasteiger partial charge in [0, 0.05) is 18.9 Å². The molecule has 0 amide bonds. The molecule has 0 spiro atoms. The van der Waals surface area contributed by atoms with E-state index in [0.717, 1.165) is 6.42 Å². The van der Waals surface area contributed by atoms with Gasteiger partial charge < -0.3 is 20.4 Å². The second kappa shape index (κ2) is 7.33. The van der Waals surface area contributed by atoms with Crippen molar-refractivity contribution in [1.82, 2.24) is 9.55 Å². The van der Waals surface area contributed by atoms with Crippen LogP contribution in [-0.4, -0.2) is 22.7 Å². The van der Waals surface area contributed by atoms with Gasteiger partial charge in [-0.3, -0.25) is 4.79 Å². The normalized spacial score (nSPS) is 10.3. The van der Waals surface area contributed by atoms with E-state index in [2.05, 4.69) is 10.3 Å². The average molecular weight is 288 g/mol. The molecule has 21 heavy (non-hydrogen) atoms. The summed E-state index contributed by atoms with van der Waals surface area (Å²) in [6.45, 7) is 3.59. The van der Waals surface area contributed by atoms with Crippen molar-refractivity contribution in [3.8, 4) is 5.75 Å². The molecule has 0 atom stereocenters. The number of rotatable bonds is 7. The van der Waals surface area contributed by atoms with Gasteiger partial charge in [-0.05, 0) is 18.6 Å². The summed E-state index contributed by atoms with van der Waals surface area (Å²) in [5.41, 5.74) is 6.27. The molecule has 0 aliphatic rings. The lowest BCUT2D eigenvalue weighted by Gasteiger charge is -2.10. The summed E-state index contributed by atoms with van der Waals surface area (Å²) in [5.74, 6) is 0.985. The fourth-order valence-corrected chi connectivity index (χ4v) is 1.93. The van der Waals surface area contributed by atoms with E-state index in [0.29, 0.717) is 37.0 Å². The second-order valence-corrected chi connectivity index (χ2v) is 4.59. The molecule has 1 heterocycles. The van der Waals surface area contributed by atoms with Gasteiger partial charge in [0.25, 0.3) is 5.56 Å². The number of para-hydroxylation sites is 2. The molecule has 1 aromatic heterocycles. The SMILES string of the molecule is CCCn1ccnc(NCCOc2ccccc2N)c1=O. The topological polar surface area (TPSA) is 82.2 Å². The summed E-state index contributed by atoms with van der Waals surface area (Å²) < 4.78 is 7.20. The molecule has 0 unspecified atom stereocenters. The van der Waals surface area contributed by atoms with E-state index < -0.39 is 0 Å². The molecule has 0 radical (unpaired) electrons. The van der Waals surface area contributed by atoms with Crippen LogP contribution in [0.25, 0.3) is 0 Å². The Labute approximate surface area is 123 Å². The van der Waals surface area contributed by atoms with Crippen molar-refractivity contribution in [3.63, 3.8) is 0 Å². The molecule has 2 rings (SSSR count). The number of benzene rings is 1. The number of ether oxygens (including phenoxy) is 1. The van der Waals surface area contributed by atoms with Crippen LogP contribution in [0.4, 0.5) is 11.5 Å². The maximum absolute atomic E-state index is 12.1. The summed E-state index contributed by atoms with van der Waals surface area (Å²) >= 11 is 0. The fraction of sp³-hybridized carbons (Fsp3) is 0.333. The average Bonchev–Trinajstić information content (AvgIpc) is 2.49. The number of nitrogens with two attached hydrogens (primary N) is 1. The van der Waals surface area contributed by atoms with E-state index in [1.54, 1.807) is 23.0 Å². The first kappa shape index (κ1) is 14.9. The van der Waals surface area contributed by atoms with Crippen LogP contribution in [0.3, 0.4) is 0 Å². The number of nitrogens with one attached hydrogen (secondary N) is 1. The molecule has 0 saturated carbocycles. The lowest BCUT2D eigenvalue weighted by atomic mass is 10.3. The van der Waals surface area contributed by atoms with E-state index in [4.69, 9.17) is 10.5 Å². The highest BCUT2D eigenvalue weighted by Gasteiger charge is 2.04. The van der Waals surface area contributed by atoms with Crippen molar-refractivity contribution in [2.24, 2.45) is 0 Å². The van der Waals surface area contributed by atoms with E-state index in [1.807, 2.05) is 25.1 Å². The second-order valence-electron chi connectivity index (χ2n) is 4.59. The van der Waals surface area contributed by atoms with Gasteiger partial charge in [0.15, 0.2) is 5.82 Å². The fourth-order valence-electron chi connectivity index (χ4n) is 1.93. The number of hydrogen-bond donors (Lipinski definition) is 2. The van der Waals surface area contributed by atoms with Gasteiger partial charge in [-0.15, -0.1) is 0 Å². The number of aromatic nitrogens is 2. The Hall–Kier alpha value is -2.50. The minimum atomic E-state index is -0.112. The molecule has 112 valence electrons. The Morgan fingerprint density at radius 3 is 2.95 bits per heavy atom. The van der Waals surface area contributed by atoms with E-state index >= 15 is 0 Å². The van der Waals surface area contributed by atoms with E-state index in [1.165, 1.54) is 0 Å². The highest BCUT2D eigenvalue weighted by molar-refractivity contribution is 5.51. The maximum atomic E-state index is 12.1. The number of nitrogens with zero attached hydrogens (tertiary/aromatic N) is 2. The van der Waals surface area contributed by atoms with Crippen LogP contribution in [-0.2, 0) is 6.54 Å². The lowest BCUT2D eigenvalue weighted by Crippen LogP contribution is -2.26. The molecule has 6 heteroatoms. The Bertz CT molecular complexity index is 640. The first-order valence-electron chi connectivity index (χ1n) is 6.99. The largest absolute Gasteiger partial charge is 0.490 e. The summed E-state index contributed by atoms with van der Waals surface area (Å²) in [6.07, 6.45) is 4.22. The van der Waals surface area contributed by atoms with Crippen molar-refractivity contribution < 1.29 is 4.74 Å². The molecule has 1 aromatic carbocycles. The molecule has 2 aromatic rings. The van der Waals surface area contributed by atoms with Gasteiger partial charge in [-0.25, -0.2) is 4.98 Å². The highest BCUT2D eigenvalue weighted by Crippen LogP contribution is 2.19. The predicted octanol–water partition coefficient (Wildman–Crippen LogP) is 1.73. The van der Waals surface area contributed by atoms with Gasteiger partial charge in [-0.2, -0.15) is 0 Å². The Kier molecular flexibility index (Phi) is 5.20. The third-order valence-corrected chi connectivity index (χ3v) is 2.95. The third kappa shape index (κ3) is 3.98. The quantitative estimate of drug-likeness (QED) is 0.599. The lowest BCUT2D eigenvalue weighted by molar-refractivity contribution is 0.334. The van der Waals surface area contributed by atoms with Crippen molar-refractivity contribution in [3.05, 3.63) is 47.0 Å². The first-order chi connectivity index (χ1) is 10.2. The third-order valence-electron chi connectivity index (χ3n) is 2.95. The molecule has 3 N–H and O–H groups in total. The smallest absolute Gasteiger partial charge is 0.293 e. The van der Waals surface area contributed by atoms with Crippen LogP contribution in [0.15, 0.2) is 41.5 Å². The number of nitrogen functional groups attached to an aromatic ring is 1. The monoisotopic (exact) mass is 288 g/mol. The minimum absolute atomic E-state index is 0.112. The van der Waals surface area contributed by atoms with Crippen LogP contribution in [0.1, 0.15) is 13.3 Å². The van der Waals surface area contributed by atoms with Crippen molar-refractivity contribution in [2.75, 3.05) is 24.2 Å². The van der Waals surface area contributed by atoms with Crippen LogP contribution < -0.4 is 21.3 Å². The molecule has 0 aliphatic carbocycles. The molecule has 0 saturated heterocycles. The zero-order chi connectivity index (χ0) is 15.1. The van der Waals surface area contributed by atoms with Crippen LogP contribution in [0.2, 0.25) is 0 Å². The molecule has 0 fully saturated rings. The van der Waals surface area contributed by atoms with E-state index in [-0.39, 0.29) is 5.56 Å². The molecule has 0 bridgehead atoms. The van der Waals surface area contributed by atoms with Crippen molar-refractivity contribution in [2.45, 2.75) is 19.9 Å². The Morgan fingerprint density at radius 1 is 1.38 bits per heavy atom. The maximum Gasteiger partial charge on any atom is 0.293 e. The highest BCUT2D eigenvalue weighted by atomic mass is 16.5. The molecular weight excluding hydrogens is 268 g/mol. The first-order valence-corrected chi connectivity index (χ1v) is 6.99. The van der Waals surface area contributed by atoms with Gasteiger partial charge in [-0.1, -0.05) is 19.1 Å². The van der Waals surface area contributed by atoms with Crippen LogP contribution >= 0.6 is 0 Å². The summed E-state index contributed by atoms with van der Waals surface area (Å²) in [7, 11) is 0. The van der Waals surface area contributed by atoms with Crippen LogP contribution in [0, 0.1) is 0 Å². The Morgan fingerprint density at radius 2 is 2.19 bits per heavy atom. The number of hydrogen-bond acceptors (Lipinski definition) is 5. The van der Waals surface area contributed by atoms with Gasteiger partial charge in [0.2, 0.25) is 0 Å². The standard InChI is InChI=1S/C15H20N4O2/c1-2-9-19-10-7-17-14(15(19)20)18-8-11-21-13-6-4-3-5-12(13)16/h3-7,10H,2,8-9,11,16H2,1H3,(H,17,18). The van der Waals surface area contributed by atoms with Crippen molar-refractivity contribution >= 4 is 11.5 Å². The molecular formula is C15H20N4O2. The van der Waals surface area contributed by atoms with Gasteiger partial charge in [0.1, 0.15) is 12.4 Å². The number of anilines is 2. The zero-order valence-electron chi connectivity index (χ0n) is 12.1. The van der Waals surface area contributed by atoms with Gasteiger partial charge in [0.05, 0.1) is 12.2 Å². The minimum Gasteiger partial charge on any atom is -0.490 e. The summed E-state index contributed by atoms with van der Waals surface area (Å²) in [6, 6.07) is 7.31. The molecule has 6 nitrogen and oxygen atoms in total. The van der Waals surface area contributed by atoms with E-state index in [9.17, 15) is 4.79 Å². The summed E-state index contributed by atoms with van der Waals surface area (Å²) in [4.78, 5) is 16.1. The van der Waals surface area contributed by atoms with Gasteiger partial charge >= 0.3 is 0 Å². The van der Waals surface area contributed by atoms with Crippen molar-refractivity contribution in [1.29, 1.82) is 0 Å². The zero-order valence-corrected chi connectivity index (χ0v) is 12.1. The molecule has 0 aliphatic heterocycles. The van der Waals surface area contributed by atoms with Crippen LogP contribution in [0.5, 0.6) is 5.75 Å². The summed E-state index contributed by atoms with van der Waals surface area (Å²) in [5, 5.41) is 2.99. The number of aryl methyl sites for hydroxylation is 1. The predicted molar refractivity (Wildman–Crippen MR) is 83.6 cm³/mol. The Balaban J connectivity index is 1.88.